The van der Waals surface area contributed by atoms with Crippen LogP contribution in [-0.2, 0) is 47.9 Å². The lowest BCUT2D eigenvalue weighted by molar-refractivity contribution is -0.349. The Balaban J connectivity index is 2.16. The number of carboxylic acids is 2. The van der Waals surface area contributed by atoms with Gasteiger partial charge in [-0.3, -0.25) is 4.55 Å². The summed E-state index contributed by atoms with van der Waals surface area (Å²) in [6.07, 6.45) is -21.2. The van der Waals surface area contributed by atoms with Crippen LogP contribution in [0.1, 0.15) is 0 Å². The second-order valence-electron chi connectivity index (χ2n) is 7.35. The van der Waals surface area contributed by atoms with E-state index in [-0.39, 0.29) is 26.4 Å². The highest BCUT2D eigenvalue weighted by atomic mass is 32.3. The van der Waals surface area contributed by atoms with Crippen LogP contribution in [-0.4, -0.2) is 143 Å². The van der Waals surface area contributed by atoms with Crippen molar-refractivity contribution in [1.82, 2.24) is 0 Å². The average Bonchev–Trinajstić information content (AvgIpc) is 2.76. The third-order valence-corrected chi connectivity index (χ3v) is 5.34. The smallest absolute Gasteiger partial charge is 0.397 e. The van der Waals surface area contributed by atoms with Crippen molar-refractivity contribution >= 4 is 22.3 Å². The number of rotatable bonds is 12. The number of carbonyl (C=O) groups is 2. The molecule has 18 nitrogen and oxygen atoms in total. The highest BCUT2D eigenvalue weighted by molar-refractivity contribution is 7.80. The van der Waals surface area contributed by atoms with E-state index in [1.807, 2.05) is 0 Å². The molecule has 2 saturated heterocycles. The molecule has 2 aliphatic rings. The summed E-state index contributed by atoms with van der Waals surface area (Å²) in [4.78, 5) is 23.2. The Morgan fingerprint density at radius 3 is 1.86 bits per heavy atom. The van der Waals surface area contributed by atoms with Gasteiger partial charge >= 0.3 is 22.3 Å². The number of ether oxygens (including phenoxy) is 5. The molecule has 2 fully saturated rings. The highest BCUT2D eigenvalue weighted by Gasteiger charge is 2.55. The zero-order chi connectivity index (χ0) is 26.5. The second-order valence-corrected chi connectivity index (χ2v) is 8.40. The van der Waals surface area contributed by atoms with Crippen molar-refractivity contribution in [2.75, 3.05) is 26.4 Å². The van der Waals surface area contributed by atoms with Gasteiger partial charge in [-0.1, -0.05) is 0 Å². The minimum atomic E-state index is -5.30. The number of aliphatic hydroxyl groups is 4. The lowest BCUT2D eigenvalue weighted by Gasteiger charge is -2.45. The second kappa shape index (κ2) is 12.6. The van der Waals surface area contributed by atoms with E-state index in [1.54, 1.807) is 0 Å². The lowest BCUT2D eigenvalue weighted by atomic mass is 9.96. The minimum Gasteiger partial charge on any atom is -0.479 e. The van der Waals surface area contributed by atoms with E-state index in [0.29, 0.717) is 0 Å². The van der Waals surface area contributed by atoms with E-state index in [2.05, 4.69) is 4.18 Å². The summed E-state index contributed by atoms with van der Waals surface area (Å²) in [7, 11) is -5.30. The fourth-order valence-electron chi connectivity index (χ4n) is 3.28. The van der Waals surface area contributed by atoms with Crippen LogP contribution < -0.4 is 5.73 Å². The zero-order valence-corrected chi connectivity index (χ0v) is 18.6. The predicted octanol–water partition coefficient (Wildman–Crippen LogP) is -5.39. The van der Waals surface area contributed by atoms with Crippen molar-refractivity contribution in [1.29, 1.82) is 0 Å². The van der Waals surface area contributed by atoms with E-state index in [0.717, 1.165) is 0 Å². The van der Waals surface area contributed by atoms with E-state index in [4.69, 9.17) is 34.0 Å². The van der Waals surface area contributed by atoms with Crippen LogP contribution in [0.4, 0.5) is 0 Å². The van der Waals surface area contributed by atoms with Gasteiger partial charge in [-0.05, 0) is 0 Å². The van der Waals surface area contributed by atoms with Crippen LogP contribution in [0.2, 0.25) is 0 Å². The van der Waals surface area contributed by atoms with Crippen LogP contribution in [0.15, 0.2) is 0 Å². The van der Waals surface area contributed by atoms with Crippen LogP contribution >= 0.6 is 0 Å². The first-order valence-corrected chi connectivity index (χ1v) is 11.3. The number of aliphatic hydroxyl groups excluding tert-OH is 4. The van der Waals surface area contributed by atoms with E-state index in [1.165, 1.54) is 0 Å². The third kappa shape index (κ3) is 7.69. The van der Waals surface area contributed by atoms with Gasteiger partial charge in [0.25, 0.3) is 0 Å². The van der Waals surface area contributed by atoms with Gasteiger partial charge < -0.3 is 60.1 Å². The van der Waals surface area contributed by atoms with Crippen LogP contribution in [0, 0.1) is 0 Å². The first-order chi connectivity index (χ1) is 16.3. The maximum Gasteiger partial charge on any atom is 0.397 e. The van der Waals surface area contributed by atoms with Gasteiger partial charge in [0.1, 0.15) is 36.6 Å². The normalized spacial score (nSPS) is 38.2. The standard InChI is InChI=1S/C16H27NO17S/c17-1-2-29-3-4-30-15-7(20)5(18)9(11(32-15)13(22)23)31-16-8(21)6(19)10(34-35(26,27)28)12(33-16)14(24)25/h5-12,15-16,18-21H,1-4,17H2,(H,22,23)(H,24,25)(H,26,27,28)/t5-,6-,7-,8-,9+,10+,11-,12-,15-,16-/m1/s1. The van der Waals surface area contributed by atoms with E-state index >= 15 is 0 Å². The van der Waals surface area contributed by atoms with Gasteiger partial charge in [0, 0.05) is 6.54 Å². The van der Waals surface area contributed by atoms with Crippen molar-refractivity contribution in [3.8, 4) is 0 Å². The van der Waals surface area contributed by atoms with Crippen molar-refractivity contribution in [3.05, 3.63) is 0 Å². The molecule has 0 aromatic carbocycles. The number of hydrogen-bond acceptors (Lipinski definition) is 15. The summed E-state index contributed by atoms with van der Waals surface area (Å²) >= 11 is 0. The minimum absolute atomic E-state index is 0.000904. The van der Waals surface area contributed by atoms with Gasteiger partial charge in [-0.25, -0.2) is 13.8 Å². The first-order valence-electron chi connectivity index (χ1n) is 9.97. The van der Waals surface area contributed by atoms with E-state index < -0.39 is 83.7 Å². The quantitative estimate of drug-likeness (QED) is 0.0850. The molecule has 0 aromatic heterocycles. The average molecular weight is 537 g/mol. The van der Waals surface area contributed by atoms with Crippen LogP contribution in [0.3, 0.4) is 0 Å². The Hall–Kier alpha value is -1.59. The summed E-state index contributed by atoms with van der Waals surface area (Å²) < 4.78 is 60.2. The lowest BCUT2D eigenvalue weighted by Crippen LogP contribution is -2.66. The Bertz CT molecular complexity index is 825. The topological polar surface area (TPSA) is 291 Å². The number of hydrogen-bond donors (Lipinski definition) is 8. The molecule has 0 bridgehead atoms. The molecule has 0 saturated carbocycles. The van der Waals surface area contributed by atoms with Crippen LogP contribution in [0.25, 0.3) is 0 Å². The Morgan fingerprint density at radius 2 is 1.31 bits per heavy atom. The molecule has 35 heavy (non-hydrogen) atoms. The molecule has 19 heteroatoms. The maximum atomic E-state index is 11.7. The molecule has 9 N–H and O–H groups in total. The summed E-state index contributed by atoms with van der Waals surface area (Å²) in [5, 5.41) is 59.8. The van der Waals surface area contributed by atoms with Gasteiger partial charge in [-0.15, -0.1) is 0 Å². The summed E-state index contributed by atoms with van der Waals surface area (Å²) in [6.45, 7) is 0.257. The molecule has 2 rings (SSSR count). The number of carboxylic acid groups (broad SMARTS) is 2. The van der Waals surface area contributed by atoms with Gasteiger partial charge in [0.15, 0.2) is 24.8 Å². The molecule has 2 aliphatic heterocycles. The third-order valence-electron chi connectivity index (χ3n) is 4.87. The molecule has 10 atom stereocenters. The predicted molar refractivity (Wildman–Crippen MR) is 104 cm³/mol. The monoisotopic (exact) mass is 537 g/mol. The summed E-state index contributed by atoms with van der Waals surface area (Å²) in [5.74, 6) is -3.64. The number of nitrogens with two attached hydrogens (primary N) is 1. The van der Waals surface area contributed by atoms with Gasteiger partial charge in [0.2, 0.25) is 0 Å². The molecule has 0 amide bonds. The molecule has 2 heterocycles. The fourth-order valence-corrected chi connectivity index (χ4v) is 3.78. The SMILES string of the molecule is NCCOCCO[C@@H]1O[C@@H](C(=O)O)[C@@H](O[C@@H]2O[C@@H](C(=O)O)[C@@H](OS(=O)(=O)O)[C@H](O)[C@H]2O)[C@H](O)[C@H]1O. The van der Waals surface area contributed by atoms with Crippen molar-refractivity contribution in [2.24, 2.45) is 5.73 Å². The Labute approximate surface area is 197 Å². The van der Waals surface area contributed by atoms with Gasteiger partial charge in [-0.2, -0.15) is 8.42 Å². The maximum absolute atomic E-state index is 11.7. The molecule has 0 unspecified atom stereocenters. The van der Waals surface area contributed by atoms with Crippen LogP contribution in [0.5, 0.6) is 0 Å². The van der Waals surface area contributed by atoms with Crippen molar-refractivity contribution in [2.45, 2.75) is 61.4 Å². The van der Waals surface area contributed by atoms with Crippen molar-refractivity contribution < 1.29 is 81.1 Å². The molecule has 0 radical (unpaired) electrons. The summed E-state index contributed by atoms with van der Waals surface area (Å²) in [5.41, 5.74) is 5.25. The van der Waals surface area contributed by atoms with Gasteiger partial charge in [0.05, 0.1) is 19.8 Å². The fraction of sp³-hybridized carbons (Fsp3) is 0.875. The molecule has 0 aromatic rings. The summed E-state index contributed by atoms with van der Waals surface area (Å²) in [6, 6.07) is 0. The van der Waals surface area contributed by atoms with Crippen molar-refractivity contribution in [3.63, 3.8) is 0 Å². The first kappa shape index (κ1) is 29.6. The van der Waals surface area contributed by atoms with E-state index in [9.17, 15) is 48.6 Å². The zero-order valence-electron chi connectivity index (χ0n) is 17.8. The molecule has 204 valence electrons. The Morgan fingerprint density at radius 1 is 0.800 bits per heavy atom. The molecular weight excluding hydrogens is 510 g/mol. The highest BCUT2D eigenvalue weighted by Crippen LogP contribution is 2.31. The molecule has 0 aliphatic carbocycles. The number of aliphatic carboxylic acids is 2. The molecular formula is C16H27NO17S. The Kier molecular flexibility index (Phi) is 10.7. The largest absolute Gasteiger partial charge is 0.479 e. The molecule has 0 spiro atoms.